The van der Waals surface area contributed by atoms with Crippen LogP contribution in [0.3, 0.4) is 0 Å². The van der Waals surface area contributed by atoms with Gasteiger partial charge in [-0.25, -0.2) is 4.98 Å². The van der Waals surface area contributed by atoms with Crippen LogP contribution < -0.4 is 11.1 Å². The first-order valence-electron chi connectivity index (χ1n) is 17.8. The number of likely N-dealkylation sites (tertiary alicyclic amines) is 1. The van der Waals surface area contributed by atoms with E-state index in [0.29, 0.717) is 28.3 Å². The zero-order valence-corrected chi connectivity index (χ0v) is 31.1. The Morgan fingerprint density at radius 2 is 1.63 bits per heavy atom. The summed E-state index contributed by atoms with van der Waals surface area (Å²) in [5.74, 6) is -0.856. The molecule has 1 aliphatic heterocycles. The maximum Gasteiger partial charge on any atom is 0.243 e. The minimum atomic E-state index is -0.841. The molecule has 3 aromatic carbocycles. The molecular formula is C41H41N7O5S. The van der Waals surface area contributed by atoms with Crippen molar-refractivity contribution < 1.29 is 24.3 Å². The van der Waals surface area contributed by atoms with Gasteiger partial charge in [-0.2, -0.15) is 0 Å². The number of amides is 2. The number of nitrogens with two attached hydrogens (primary N) is 1. The summed E-state index contributed by atoms with van der Waals surface area (Å²) in [7, 11) is 0. The monoisotopic (exact) mass is 743 g/mol. The number of phenols is 1. The number of hydrogen-bond acceptors (Lipinski definition) is 11. The highest BCUT2D eigenvalue weighted by molar-refractivity contribution is 7.13. The number of carbonyl (C=O) groups excluding carboxylic acids is 2. The molecular weight excluding hydrogens is 703 g/mol. The number of phenolic OH excluding ortho intramolecular Hbond substituents is 1. The van der Waals surface area contributed by atoms with E-state index in [1.807, 2.05) is 87.8 Å². The van der Waals surface area contributed by atoms with Crippen LogP contribution in [0.5, 0.6) is 5.75 Å². The van der Waals surface area contributed by atoms with Crippen LogP contribution >= 0.6 is 11.3 Å². The molecule has 2 unspecified atom stereocenters. The van der Waals surface area contributed by atoms with Crippen molar-refractivity contribution in [2.75, 3.05) is 12.3 Å². The number of nitrogens with zero attached hydrogens (tertiary/aromatic N) is 5. The van der Waals surface area contributed by atoms with Gasteiger partial charge in [-0.15, -0.1) is 21.5 Å². The Bertz CT molecular complexity index is 2290. The Morgan fingerprint density at radius 3 is 2.31 bits per heavy atom. The lowest BCUT2D eigenvalue weighted by atomic mass is 9.91. The van der Waals surface area contributed by atoms with E-state index in [1.165, 1.54) is 4.90 Å². The van der Waals surface area contributed by atoms with Gasteiger partial charge in [0.05, 0.1) is 33.9 Å². The maximum absolute atomic E-state index is 14.2. The number of rotatable bonds is 10. The van der Waals surface area contributed by atoms with Crippen molar-refractivity contribution in [1.82, 2.24) is 30.6 Å². The Labute approximate surface area is 316 Å². The second-order valence-electron chi connectivity index (χ2n) is 14.0. The standard InChI is InChI=1S/C41H41N7O5S/c1-22(2)37(41(52)48-20-29(49)17-34(48)40(51)44-23(3)25-9-15-28(16-10-25)38-24(4)43-21-54-38)36-19-32(47-53-36)27-13-11-26(12-14-27)31-18-33(45-46-39(31)42)30-7-5-6-8-35(30)50/h5-16,18-19,21-23,29,34,37,49-50H,17,20H2,1-4H3,(H2,42,46)(H,44,51)/t23?,29-,34+,37?/m1/s1. The molecule has 5 N–H and O–H groups in total. The zero-order valence-electron chi connectivity index (χ0n) is 30.3. The number of aryl methyl sites for hydroxylation is 1. The van der Waals surface area contributed by atoms with Crippen molar-refractivity contribution in [3.05, 3.63) is 107 Å². The van der Waals surface area contributed by atoms with Crippen LogP contribution in [0.15, 0.2) is 95.0 Å². The molecule has 4 atom stereocenters. The van der Waals surface area contributed by atoms with Crippen LogP contribution in [0, 0.1) is 12.8 Å². The summed E-state index contributed by atoms with van der Waals surface area (Å²) >= 11 is 1.58. The minimum absolute atomic E-state index is 0.0402. The second kappa shape index (κ2) is 15.2. The largest absolute Gasteiger partial charge is 0.507 e. The minimum Gasteiger partial charge on any atom is -0.507 e. The SMILES string of the molecule is Cc1ncsc1-c1ccc(C(C)NC(=O)[C@@H]2C[C@@H](O)CN2C(=O)C(c2cc(-c3ccc(-c4cc(-c5ccccc5O)nnc4N)cc3)no2)C(C)C)cc1. The van der Waals surface area contributed by atoms with E-state index in [9.17, 15) is 19.8 Å². The second-order valence-corrected chi connectivity index (χ2v) is 14.8. The predicted molar refractivity (Wildman–Crippen MR) is 207 cm³/mol. The van der Waals surface area contributed by atoms with Gasteiger partial charge in [0.15, 0.2) is 5.82 Å². The van der Waals surface area contributed by atoms with Crippen LogP contribution in [-0.4, -0.2) is 66.0 Å². The van der Waals surface area contributed by atoms with Crippen molar-refractivity contribution in [2.45, 2.75) is 58.2 Å². The Balaban J connectivity index is 1.06. The molecule has 1 fully saturated rings. The molecule has 0 bridgehead atoms. The van der Waals surface area contributed by atoms with E-state index in [0.717, 1.165) is 32.8 Å². The van der Waals surface area contributed by atoms with E-state index in [2.05, 4.69) is 25.7 Å². The van der Waals surface area contributed by atoms with Crippen molar-refractivity contribution in [2.24, 2.45) is 5.92 Å². The summed E-state index contributed by atoms with van der Waals surface area (Å²) < 4.78 is 5.80. The van der Waals surface area contributed by atoms with Crippen molar-refractivity contribution in [1.29, 1.82) is 0 Å². The first-order chi connectivity index (χ1) is 26.0. The van der Waals surface area contributed by atoms with Crippen molar-refractivity contribution >= 4 is 29.0 Å². The first-order valence-corrected chi connectivity index (χ1v) is 18.6. The van der Waals surface area contributed by atoms with E-state index < -0.39 is 18.1 Å². The van der Waals surface area contributed by atoms with Gasteiger partial charge in [0, 0.05) is 35.7 Å². The highest BCUT2D eigenvalue weighted by Crippen LogP contribution is 2.36. The summed E-state index contributed by atoms with van der Waals surface area (Å²) in [4.78, 5) is 34.8. The van der Waals surface area contributed by atoms with Crippen molar-refractivity contribution in [3.8, 4) is 49.8 Å². The summed E-state index contributed by atoms with van der Waals surface area (Å²) in [6.07, 6.45) is -0.698. The van der Waals surface area contributed by atoms with Crippen LogP contribution in [-0.2, 0) is 9.59 Å². The number of benzene rings is 3. The number of nitrogens with one attached hydrogen (secondary N) is 1. The van der Waals surface area contributed by atoms with E-state index >= 15 is 0 Å². The molecule has 0 spiro atoms. The third kappa shape index (κ3) is 7.32. The van der Waals surface area contributed by atoms with E-state index in [4.69, 9.17) is 10.3 Å². The number of β-amino-alcohol motifs (C(OH)–C–C–N with tert-alkyl or cyclic N) is 1. The zero-order chi connectivity index (χ0) is 38.1. The van der Waals surface area contributed by atoms with Gasteiger partial charge in [-0.1, -0.05) is 79.7 Å². The highest BCUT2D eigenvalue weighted by atomic mass is 32.1. The average Bonchev–Trinajstić information content (AvgIpc) is 3.92. The Morgan fingerprint density at radius 1 is 0.926 bits per heavy atom. The number of aliphatic hydroxyl groups excluding tert-OH is 1. The number of carbonyl (C=O) groups is 2. The number of anilines is 1. The molecule has 1 aliphatic rings. The number of aromatic hydroxyl groups is 1. The molecule has 7 rings (SSSR count). The fourth-order valence-corrected chi connectivity index (χ4v) is 7.77. The quantitative estimate of drug-likeness (QED) is 0.117. The number of nitrogen functional groups attached to an aromatic ring is 1. The molecule has 3 aromatic heterocycles. The van der Waals surface area contributed by atoms with Crippen LogP contribution in [0.25, 0.3) is 44.1 Å². The molecule has 12 nitrogen and oxygen atoms in total. The molecule has 2 amide bonds. The highest BCUT2D eigenvalue weighted by Gasteiger charge is 2.43. The smallest absolute Gasteiger partial charge is 0.243 e. The van der Waals surface area contributed by atoms with Crippen LogP contribution in [0.1, 0.15) is 56.2 Å². The number of hydrogen-bond donors (Lipinski definition) is 4. The summed E-state index contributed by atoms with van der Waals surface area (Å²) in [6.45, 7) is 7.75. The third-order valence-corrected chi connectivity index (χ3v) is 10.9. The topological polar surface area (TPSA) is 181 Å². The number of para-hydroxylation sites is 1. The lowest BCUT2D eigenvalue weighted by Gasteiger charge is -2.29. The van der Waals surface area contributed by atoms with Crippen LogP contribution in [0.2, 0.25) is 0 Å². The first kappa shape index (κ1) is 36.4. The van der Waals surface area contributed by atoms with E-state index in [1.54, 1.807) is 41.7 Å². The fraction of sp³-hybridized carbons (Fsp3) is 0.268. The molecule has 6 aromatic rings. The third-order valence-electron chi connectivity index (χ3n) is 9.90. The van der Waals surface area contributed by atoms with Gasteiger partial charge in [-0.05, 0) is 54.7 Å². The predicted octanol–water partition coefficient (Wildman–Crippen LogP) is 6.76. The number of aliphatic hydroxyl groups is 1. The normalized spacial score (nSPS) is 16.7. The molecule has 0 aliphatic carbocycles. The molecule has 54 heavy (non-hydrogen) atoms. The average molecular weight is 744 g/mol. The summed E-state index contributed by atoms with van der Waals surface area (Å²) in [5, 5.41) is 36.6. The molecule has 276 valence electrons. The molecule has 4 heterocycles. The van der Waals surface area contributed by atoms with Gasteiger partial charge < -0.3 is 30.7 Å². The number of aromatic nitrogens is 4. The van der Waals surface area contributed by atoms with Gasteiger partial charge >= 0.3 is 0 Å². The van der Waals surface area contributed by atoms with Gasteiger partial charge in [0.25, 0.3) is 0 Å². The van der Waals surface area contributed by atoms with E-state index in [-0.39, 0.29) is 48.3 Å². The Hall–Kier alpha value is -5.92. The lowest BCUT2D eigenvalue weighted by molar-refractivity contribution is -0.141. The summed E-state index contributed by atoms with van der Waals surface area (Å²) in [5.41, 5.74) is 14.7. The summed E-state index contributed by atoms with van der Waals surface area (Å²) in [6, 6.07) is 24.8. The molecule has 0 radical (unpaired) electrons. The molecule has 1 saturated heterocycles. The molecule has 0 saturated carbocycles. The lowest BCUT2D eigenvalue weighted by Crippen LogP contribution is -2.48. The van der Waals surface area contributed by atoms with Crippen LogP contribution in [0.4, 0.5) is 5.82 Å². The Kier molecular flexibility index (Phi) is 10.3. The maximum atomic E-state index is 14.2. The fourth-order valence-electron chi connectivity index (χ4n) is 6.96. The van der Waals surface area contributed by atoms with Gasteiger partial charge in [0.2, 0.25) is 11.8 Å². The number of thiazole rings is 1. The van der Waals surface area contributed by atoms with Gasteiger partial charge in [0.1, 0.15) is 29.2 Å². The van der Waals surface area contributed by atoms with Crippen molar-refractivity contribution in [3.63, 3.8) is 0 Å². The molecule has 13 heteroatoms. The van der Waals surface area contributed by atoms with Gasteiger partial charge in [-0.3, -0.25) is 9.59 Å².